The highest BCUT2D eigenvalue weighted by atomic mass is 28.4. The Balaban J connectivity index is 2.51. The summed E-state index contributed by atoms with van der Waals surface area (Å²) in [6, 6.07) is 1.29. The number of aliphatic hydroxyl groups is 1. The van der Waals surface area contributed by atoms with E-state index in [9.17, 15) is 14.7 Å². The largest absolute Gasteiger partial charge is 0.407 e. The van der Waals surface area contributed by atoms with Gasteiger partial charge in [-0.2, -0.15) is 0 Å². The first kappa shape index (κ1) is 23.1. The lowest BCUT2D eigenvalue weighted by molar-refractivity contribution is -0.112. The Morgan fingerprint density at radius 3 is 2.46 bits per heavy atom. The van der Waals surface area contributed by atoms with E-state index >= 15 is 0 Å². The monoisotopic (exact) mass is 412 g/mol. The van der Waals surface area contributed by atoms with Crippen LogP contribution < -0.4 is 11.2 Å². The van der Waals surface area contributed by atoms with Crippen molar-refractivity contribution in [3.8, 4) is 0 Å². The van der Waals surface area contributed by atoms with Gasteiger partial charge in [0.25, 0.3) is 5.56 Å². The van der Waals surface area contributed by atoms with E-state index in [1.54, 1.807) is 0 Å². The van der Waals surface area contributed by atoms with Gasteiger partial charge in [0.2, 0.25) is 0 Å². The van der Waals surface area contributed by atoms with Gasteiger partial charge in [-0.3, -0.25) is 14.3 Å². The molecule has 160 valence electrons. The molecule has 1 fully saturated rings. The number of H-pyrrole nitrogens is 1. The Morgan fingerprint density at radius 1 is 1.32 bits per heavy atom. The maximum absolute atomic E-state index is 12.5. The van der Waals surface area contributed by atoms with E-state index in [4.69, 9.17) is 9.16 Å². The van der Waals surface area contributed by atoms with E-state index < -0.39 is 43.6 Å². The second-order valence-electron chi connectivity index (χ2n) is 9.34. The number of nitrogens with one attached hydrogen (secondary N) is 1. The highest BCUT2D eigenvalue weighted by Crippen LogP contribution is 2.47. The van der Waals surface area contributed by atoms with Crippen molar-refractivity contribution in [1.29, 1.82) is 0 Å². The molecule has 0 saturated carbocycles. The van der Waals surface area contributed by atoms with Gasteiger partial charge in [0.1, 0.15) is 12.2 Å². The molecule has 7 nitrogen and oxygen atoms in total. The Bertz CT molecular complexity index is 782. The average molecular weight is 413 g/mol. The second kappa shape index (κ2) is 8.26. The minimum atomic E-state index is -2.25. The zero-order valence-corrected chi connectivity index (χ0v) is 19.2. The summed E-state index contributed by atoms with van der Waals surface area (Å²) < 4.78 is 14.3. The van der Waals surface area contributed by atoms with Crippen LogP contribution in [0.4, 0.5) is 0 Å². The number of hydrogen-bond donors (Lipinski definition) is 2. The molecular formula is C20H36N2O5Si. The third-order valence-electron chi connectivity index (χ3n) is 6.40. The van der Waals surface area contributed by atoms with Crippen molar-refractivity contribution in [2.24, 2.45) is 0 Å². The number of rotatable bonds is 7. The van der Waals surface area contributed by atoms with Gasteiger partial charge >= 0.3 is 5.69 Å². The van der Waals surface area contributed by atoms with Crippen molar-refractivity contribution in [2.75, 3.05) is 0 Å². The number of aromatic amines is 1. The molecule has 0 amide bonds. The summed E-state index contributed by atoms with van der Waals surface area (Å²) in [6.45, 7) is 14.7. The predicted octanol–water partition coefficient (Wildman–Crippen LogP) is 3.16. The molecule has 1 unspecified atom stereocenters. The molecule has 0 bridgehead atoms. The van der Waals surface area contributed by atoms with Crippen molar-refractivity contribution in [3.05, 3.63) is 33.1 Å². The third kappa shape index (κ3) is 4.35. The lowest BCUT2D eigenvalue weighted by atomic mass is 9.87. The molecule has 0 aromatic carbocycles. The first-order valence-electron chi connectivity index (χ1n) is 10.2. The Hall–Kier alpha value is -1.22. The highest BCUT2D eigenvalue weighted by molar-refractivity contribution is 6.74. The smallest absolute Gasteiger partial charge is 0.330 e. The topological polar surface area (TPSA) is 93.6 Å². The first-order chi connectivity index (χ1) is 12.9. The quantitative estimate of drug-likeness (QED) is 0.671. The second-order valence-corrected chi connectivity index (χ2v) is 14.1. The van der Waals surface area contributed by atoms with Crippen LogP contribution in [-0.4, -0.2) is 40.8 Å². The van der Waals surface area contributed by atoms with Gasteiger partial charge in [-0.1, -0.05) is 47.5 Å². The van der Waals surface area contributed by atoms with Gasteiger partial charge in [0.15, 0.2) is 14.5 Å². The molecule has 0 radical (unpaired) electrons. The van der Waals surface area contributed by atoms with E-state index in [1.165, 1.54) is 16.8 Å². The minimum absolute atomic E-state index is 0.0614. The molecule has 1 aliphatic heterocycles. The van der Waals surface area contributed by atoms with Crippen LogP contribution in [0, 0.1) is 0 Å². The van der Waals surface area contributed by atoms with E-state index in [1.807, 2.05) is 6.92 Å². The number of hydrogen-bond acceptors (Lipinski definition) is 5. The van der Waals surface area contributed by atoms with E-state index in [2.05, 4.69) is 45.8 Å². The fourth-order valence-electron chi connectivity index (χ4n) is 3.47. The fraction of sp³-hybridized carbons (Fsp3) is 0.800. The van der Waals surface area contributed by atoms with Crippen molar-refractivity contribution in [2.45, 2.75) is 102 Å². The number of nitrogens with zero attached hydrogens (tertiary/aromatic N) is 1. The number of unbranched alkanes of at least 4 members (excludes halogenated alkanes) is 1. The molecule has 1 aliphatic rings. The molecular weight excluding hydrogens is 376 g/mol. The summed E-state index contributed by atoms with van der Waals surface area (Å²) in [5.74, 6) is 0. The normalized spacial score (nSPS) is 28.6. The first-order valence-corrected chi connectivity index (χ1v) is 13.1. The van der Waals surface area contributed by atoms with Crippen molar-refractivity contribution in [3.63, 3.8) is 0 Å². The predicted molar refractivity (Wildman–Crippen MR) is 112 cm³/mol. The van der Waals surface area contributed by atoms with Gasteiger partial charge in [0, 0.05) is 12.3 Å². The summed E-state index contributed by atoms with van der Waals surface area (Å²) in [5, 5.41) is 11.3. The Morgan fingerprint density at radius 2 is 1.96 bits per heavy atom. The molecule has 1 aromatic rings. The molecule has 8 heteroatoms. The SMILES string of the molecule is CCCC[C@]1(CC)O[C@@H](n2ccc(=O)[nH]c2=O)[C@@H](O[Si](C)(C)C(C)(C)C)C1O. The zero-order valence-electron chi connectivity index (χ0n) is 18.2. The highest BCUT2D eigenvalue weighted by Gasteiger charge is 2.56. The molecule has 4 atom stereocenters. The van der Waals surface area contributed by atoms with Crippen LogP contribution in [0.1, 0.15) is 66.5 Å². The lowest BCUT2D eigenvalue weighted by Crippen LogP contribution is -2.51. The van der Waals surface area contributed by atoms with Crippen molar-refractivity contribution in [1.82, 2.24) is 9.55 Å². The van der Waals surface area contributed by atoms with Crippen LogP contribution in [0.2, 0.25) is 18.1 Å². The van der Waals surface area contributed by atoms with Crippen LogP contribution in [-0.2, 0) is 9.16 Å². The van der Waals surface area contributed by atoms with E-state index in [0.29, 0.717) is 12.8 Å². The Labute approximate surface area is 168 Å². The minimum Gasteiger partial charge on any atom is -0.407 e. The van der Waals surface area contributed by atoms with Crippen LogP contribution in [0.3, 0.4) is 0 Å². The third-order valence-corrected chi connectivity index (χ3v) is 10.9. The summed E-state index contributed by atoms with van der Waals surface area (Å²) in [4.78, 5) is 26.2. The van der Waals surface area contributed by atoms with Crippen LogP contribution >= 0.6 is 0 Å². The van der Waals surface area contributed by atoms with Crippen LogP contribution in [0.5, 0.6) is 0 Å². The van der Waals surface area contributed by atoms with Gasteiger partial charge in [0.05, 0.1) is 5.60 Å². The zero-order chi connectivity index (χ0) is 21.3. The van der Waals surface area contributed by atoms with Crippen LogP contribution in [0.25, 0.3) is 0 Å². The summed E-state index contributed by atoms with van der Waals surface area (Å²) >= 11 is 0. The number of ether oxygens (including phenoxy) is 1. The average Bonchev–Trinajstić information content (AvgIpc) is 2.85. The van der Waals surface area contributed by atoms with Gasteiger partial charge in [-0.05, 0) is 31.0 Å². The molecule has 2 rings (SSSR count). The van der Waals surface area contributed by atoms with Gasteiger partial charge in [-0.15, -0.1) is 0 Å². The van der Waals surface area contributed by atoms with Gasteiger partial charge < -0.3 is 14.3 Å². The van der Waals surface area contributed by atoms with E-state index in [-0.39, 0.29) is 5.04 Å². The Kier molecular flexibility index (Phi) is 6.80. The van der Waals surface area contributed by atoms with Crippen molar-refractivity contribution < 1.29 is 14.3 Å². The standard InChI is InChI=1S/C20H36N2O5Si/c1-8-10-12-20(9-2)16(24)15(27-28(6,7)19(3,4)5)17(26-20)22-13-11-14(23)21-18(22)25/h11,13,15-17,24H,8-10,12H2,1-7H3,(H,21,23,25)/t15-,16?,17+,20-/m0/s1. The summed E-state index contributed by atoms with van der Waals surface area (Å²) in [7, 11) is -2.25. The summed E-state index contributed by atoms with van der Waals surface area (Å²) in [6.07, 6.45) is 2.28. The molecule has 2 heterocycles. The maximum atomic E-state index is 12.5. The molecule has 0 spiro atoms. The van der Waals surface area contributed by atoms with Crippen LogP contribution in [0.15, 0.2) is 21.9 Å². The molecule has 0 aliphatic carbocycles. The lowest BCUT2D eigenvalue weighted by Gasteiger charge is -2.40. The maximum Gasteiger partial charge on any atom is 0.330 e. The number of aliphatic hydroxyl groups excluding tert-OH is 1. The molecule has 28 heavy (non-hydrogen) atoms. The van der Waals surface area contributed by atoms with E-state index in [0.717, 1.165) is 12.8 Å². The summed E-state index contributed by atoms with van der Waals surface area (Å²) in [5.41, 5.74) is -1.80. The molecule has 1 saturated heterocycles. The fourth-order valence-corrected chi connectivity index (χ4v) is 4.75. The molecule has 2 N–H and O–H groups in total. The number of aromatic nitrogens is 2. The van der Waals surface area contributed by atoms with Gasteiger partial charge in [-0.25, -0.2) is 4.79 Å². The molecule has 1 aromatic heterocycles. The van der Waals surface area contributed by atoms with Crippen molar-refractivity contribution >= 4 is 8.32 Å².